The highest BCUT2D eigenvalue weighted by Crippen LogP contribution is 2.23. The van der Waals surface area contributed by atoms with E-state index < -0.39 is 11.5 Å². The number of aromatic nitrogens is 4. The van der Waals surface area contributed by atoms with Gasteiger partial charge in [0.25, 0.3) is 11.5 Å². The van der Waals surface area contributed by atoms with E-state index in [9.17, 15) is 14.9 Å². The molecule has 10 heteroatoms. The molecule has 5 aromatic rings. The molecule has 0 radical (unpaired) electrons. The third-order valence-corrected chi connectivity index (χ3v) is 6.80. The number of amides is 1. The highest BCUT2D eigenvalue weighted by molar-refractivity contribution is 7.07. The molecule has 0 aliphatic rings. The summed E-state index contributed by atoms with van der Waals surface area (Å²) >= 11 is 1.01. The highest BCUT2D eigenvalue weighted by atomic mass is 32.1. The lowest BCUT2D eigenvalue weighted by Gasteiger charge is -2.04. The van der Waals surface area contributed by atoms with Gasteiger partial charge in [0.1, 0.15) is 22.2 Å². The first-order valence-corrected chi connectivity index (χ1v) is 12.2. The number of benzene rings is 2. The fourth-order valence-electron chi connectivity index (χ4n) is 3.90. The van der Waals surface area contributed by atoms with Gasteiger partial charge in [0.05, 0.1) is 23.0 Å². The summed E-state index contributed by atoms with van der Waals surface area (Å²) in [7, 11) is 1.54. The highest BCUT2D eigenvalue weighted by Gasteiger charge is 2.17. The second-order valence-electron chi connectivity index (χ2n) is 8.06. The van der Waals surface area contributed by atoms with Gasteiger partial charge < -0.3 is 10.5 Å². The predicted octanol–water partition coefficient (Wildman–Crippen LogP) is 2.14. The number of ether oxygens (including phenoxy) is 1. The predicted molar refractivity (Wildman–Crippen MR) is 144 cm³/mol. The number of rotatable bonds is 6. The number of nitriles is 1. The van der Waals surface area contributed by atoms with E-state index in [4.69, 9.17) is 15.6 Å². The molecule has 0 aliphatic carbocycles. The molecule has 0 fully saturated rings. The Morgan fingerprint density at radius 1 is 1.08 bits per heavy atom. The van der Waals surface area contributed by atoms with E-state index in [0.29, 0.717) is 27.2 Å². The van der Waals surface area contributed by atoms with Crippen molar-refractivity contribution in [1.82, 2.24) is 19.3 Å². The summed E-state index contributed by atoms with van der Waals surface area (Å²) in [6, 6.07) is 21.8. The van der Waals surface area contributed by atoms with Gasteiger partial charge in [-0.25, -0.2) is 4.68 Å². The lowest BCUT2D eigenvalue weighted by molar-refractivity contribution is -0.112. The number of carbonyl (C=O) groups is 1. The van der Waals surface area contributed by atoms with Crippen molar-refractivity contribution in [3.63, 3.8) is 0 Å². The van der Waals surface area contributed by atoms with E-state index in [1.807, 2.05) is 54.7 Å². The van der Waals surface area contributed by atoms with Crippen LogP contribution >= 0.6 is 11.3 Å². The number of nitrogens with two attached hydrogens (primary N) is 1. The molecule has 2 N–H and O–H groups in total. The van der Waals surface area contributed by atoms with E-state index in [-0.39, 0.29) is 10.2 Å². The quantitative estimate of drug-likeness (QED) is 0.365. The third kappa shape index (κ3) is 4.61. The van der Waals surface area contributed by atoms with Gasteiger partial charge >= 0.3 is 0 Å². The Bertz CT molecular complexity index is 1850. The summed E-state index contributed by atoms with van der Waals surface area (Å²) in [5.74, 6) is -0.324. The van der Waals surface area contributed by atoms with E-state index in [1.54, 1.807) is 47.4 Å². The molecule has 9 nitrogen and oxygen atoms in total. The second kappa shape index (κ2) is 10.4. The SMILES string of the molecule is COc1ccc(-n2c(=O)/c(=C/c3cn(-c4ccccc4)nc3-c3cccnc3)s/c2=C(/C#N)C(N)=O)cc1. The second-order valence-corrected chi connectivity index (χ2v) is 9.09. The molecular formula is C28H20N6O3S. The van der Waals surface area contributed by atoms with Gasteiger partial charge in [-0.15, -0.1) is 11.3 Å². The van der Waals surface area contributed by atoms with Gasteiger partial charge in [-0.3, -0.25) is 19.1 Å². The van der Waals surface area contributed by atoms with Crippen molar-refractivity contribution >= 4 is 28.9 Å². The summed E-state index contributed by atoms with van der Waals surface area (Å²) in [6.07, 6.45) is 6.88. The van der Waals surface area contributed by atoms with Crippen molar-refractivity contribution in [2.45, 2.75) is 0 Å². The Morgan fingerprint density at radius 3 is 2.47 bits per heavy atom. The molecule has 38 heavy (non-hydrogen) atoms. The van der Waals surface area contributed by atoms with Crippen molar-refractivity contribution < 1.29 is 9.53 Å². The first-order chi connectivity index (χ1) is 18.5. The van der Waals surface area contributed by atoms with E-state index in [0.717, 1.165) is 22.6 Å². The molecule has 0 spiro atoms. The normalized spacial score (nSPS) is 12.2. The molecule has 0 saturated heterocycles. The molecule has 1 amide bonds. The summed E-state index contributed by atoms with van der Waals surface area (Å²) in [4.78, 5) is 30.0. The Morgan fingerprint density at radius 2 is 1.84 bits per heavy atom. The standard InChI is InChI=1S/C28H20N6O3S/c1-37-22-11-9-21(10-12-22)34-27(36)24(38-28(34)23(15-29)26(30)35)14-19-17-33(20-7-3-2-4-8-20)32-25(19)18-6-5-13-31-16-18/h2-14,16-17H,1H3,(H2,30,35)/b24-14-,28-23-. The van der Waals surface area contributed by atoms with Crippen LogP contribution in [0, 0.1) is 11.3 Å². The Balaban J connectivity index is 1.80. The van der Waals surface area contributed by atoms with Crippen LogP contribution in [0.1, 0.15) is 5.56 Å². The minimum atomic E-state index is -0.921. The van der Waals surface area contributed by atoms with Crippen LogP contribution in [0.2, 0.25) is 0 Å². The molecule has 2 aromatic carbocycles. The van der Waals surface area contributed by atoms with Crippen LogP contribution in [-0.4, -0.2) is 32.3 Å². The first-order valence-electron chi connectivity index (χ1n) is 11.4. The average Bonchev–Trinajstić information content (AvgIpc) is 3.51. The van der Waals surface area contributed by atoms with Crippen LogP contribution in [-0.2, 0) is 4.79 Å². The van der Waals surface area contributed by atoms with Crippen molar-refractivity contribution in [2.24, 2.45) is 5.73 Å². The van der Waals surface area contributed by atoms with E-state index in [1.165, 1.54) is 11.7 Å². The molecule has 0 unspecified atom stereocenters. The van der Waals surface area contributed by atoms with Crippen LogP contribution in [0.3, 0.4) is 0 Å². The van der Waals surface area contributed by atoms with Crippen LogP contribution in [0.4, 0.5) is 0 Å². The van der Waals surface area contributed by atoms with Gasteiger partial charge in [-0.05, 0) is 54.6 Å². The molecule has 3 aromatic heterocycles. The average molecular weight is 521 g/mol. The van der Waals surface area contributed by atoms with Gasteiger partial charge in [0.15, 0.2) is 5.57 Å². The van der Waals surface area contributed by atoms with E-state index >= 15 is 0 Å². The van der Waals surface area contributed by atoms with Crippen molar-refractivity contribution in [2.75, 3.05) is 7.11 Å². The number of primary amides is 1. The number of methoxy groups -OCH3 is 1. The van der Waals surface area contributed by atoms with Crippen molar-refractivity contribution in [3.8, 4) is 34.5 Å². The van der Waals surface area contributed by atoms with Gasteiger partial charge in [0.2, 0.25) is 0 Å². The van der Waals surface area contributed by atoms with Crippen LogP contribution < -0.4 is 25.2 Å². The monoisotopic (exact) mass is 520 g/mol. The van der Waals surface area contributed by atoms with Crippen LogP contribution in [0.5, 0.6) is 5.75 Å². The Labute approximate surface area is 220 Å². The Kier molecular flexibility index (Phi) is 6.67. The maximum atomic E-state index is 13.7. The maximum absolute atomic E-state index is 13.7. The third-order valence-electron chi connectivity index (χ3n) is 5.71. The number of para-hydroxylation sites is 1. The minimum absolute atomic E-state index is 0.139. The van der Waals surface area contributed by atoms with Gasteiger partial charge in [0, 0.05) is 29.7 Å². The summed E-state index contributed by atoms with van der Waals surface area (Å²) in [5, 5.41) is 14.4. The zero-order chi connectivity index (χ0) is 26.6. The maximum Gasteiger partial charge on any atom is 0.273 e. The summed E-state index contributed by atoms with van der Waals surface area (Å²) in [5.41, 5.74) is 8.12. The number of hydrogen-bond donors (Lipinski definition) is 1. The number of nitrogens with zero attached hydrogens (tertiary/aromatic N) is 5. The number of thiazole rings is 1. The summed E-state index contributed by atoms with van der Waals surface area (Å²) in [6.45, 7) is 0. The van der Waals surface area contributed by atoms with E-state index in [2.05, 4.69) is 4.98 Å². The zero-order valence-electron chi connectivity index (χ0n) is 20.1. The first kappa shape index (κ1) is 24.4. The van der Waals surface area contributed by atoms with Crippen molar-refractivity contribution in [3.05, 3.63) is 110 Å². The summed E-state index contributed by atoms with van der Waals surface area (Å²) < 4.78 is 8.68. The zero-order valence-corrected chi connectivity index (χ0v) is 20.9. The minimum Gasteiger partial charge on any atom is -0.497 e. The largest absolute Gasteiger partial charge is 0.497 e. The van der Waals surface area contributed by atoms with Crippen LogP contribution in [0.25, 0.3) is 34.3 Å². The number of pyridine rings is 1. The molecule has 186 valence electrons. The Hall–Kier alpha value is -5.27. The molecule has 0 saturated carbocycles. The smallest absolute Gasteiger partial charge is 0.273 e. The molecule has 0 bridgehead atoms. The van der Waals surface area contributed by atoms with Gasteiger partial charge in [-0.2, -0.15) is 10.4 Å². The fourth-order valence-corrected chi connectivity index (χ4v) is 5.00. The molecule has 5 rings (SSSR count). The fraction of sp³-hybridized carbons (Fsp3) is 0.0357. The number of hydrogen-bond acceptors (Lipinski definition) is 7. The lowest BCUT2D eigenvalue weighted by Crippen LogP contribution is -2.32. The molecule has 0 aliphatic heterocycles. The number of carbonyl (C=O) groups excluding carboxylic acids is 1. The molecule has 3 heterocycles. The molecular weight excluding hydrogens is 500 g/mol. The van der Waals surface area contributed by atoms with Crippen LogP contribution in [0.15, 0.2) is 90.1 Å². The topological polar surface area (TPSA) is 129 Å². The lowest BCUT2D eigenvalue weighted by atomic mass is 10.1. The van der Waals surface area contributed by atoms with Crippen molar-refractivity contribution in [1.29, 1.82) is 5.26 Å². The van der Waals surface area contributed by atoms with Gasteiger partial charge in [-0.1, -0.05) is 18.2 Å². The molecule has 0 atom stereocenters.